The quantitative estimate of drug-likeness (QED) is 0.744. The van der Waals surface area contributed by atoms with Crippen molar-refractivity contribution in [1.29, 1.82) is 0 Å². The van der Waals surface area contributed by atoms with E-state index in [0.29, 0.717) is 6.04 Å². The molecule has 0 saturated heterocycles. The molecule has 0 aromatic heterocycles. The van der Waals surface area contributed by atoms with Crippen molar-refractivity contribution in [3.8, 4) is 5.75 Å². The van der Waals surface area contributed by atoms with Gasteiger partial charge in [0.1, 0.15) is 5.75 Å². The summed E-state index contributed by atoms with van der Waals surface area (Å²) in [7, 11) is 1.68. The second-order valence-electron chi connectivity index (χ2n) is 4.84. The van der Waals surface area contributed by atoms with Crippen molar-refractivity contribution >= 4 is 5.69 Å². The third-order valence-corrected chi connectivity index (χ3v) is 3.49. The van der Waals surface area contributed by atoms with E-state index >= 15 is 0 Å². The zero-order valence-corrected chi connectivity index (χ0v) is 10.7. The van der Waals surface area contributed by atoms with E-state index in [0.717, 1.165) is 29.5 Å². The summed E-state index contributed by atoms with van der Waals surface area (Å²) in [6, 6.07) is 6.52. The van der Waals surface area contributed by atoms with Gasteiger partial charge < -0.3 is 15.8 Å². The second-order valence-corrected chi connectivity index (χ2v) is 4.84. The van der Waals surface area contributed by atoms with Crippen LogP contribution in [-0.2, 0) is 6.54 Å². The molecule has 1 aromatic rings. The molecule has 94 valence electrons. The predicted octanol–water partition coefficient (Wildman–Crippen LogP) is 2.56. The number of nitrogens with one attached hydrogen (secondary N) is 1. The Labute approximate surface area is 103 Å². The van der Waals surface area contributed by atoms with Gasteiger partial charge in [0.15, 0.2) is 0 Å². The van der Waals surface area contributed by atoms with Crippen LogP contribution in [0.25, 0.3) is 0 Å². The molecule has 0 heterocycles. The molecule has 1 fully saturated rings. The van der Waals surface area contributed by atoms with Gasteiger partial charge in [-0.3, -0.25) is 0 Å². The van der Waals surface area contributed by atoms with Crippen LogP contribution in [0.3, 0.4) is 0 Å². The fourth-order valence-corrected chi connectivity index (χ4v) is 2.29. The number of hydrogen-bond donors (Lipinski definition) is 2. The Kier molecular flexibility index (Phi) is 3.89. The van der Waals surface area contributed by atoms with E-state index in [2.05, 4.69) is 12.2 Å². The number of benzene rings is 1. The maximum absolute atomic E-state index is 5.95. The van der Waals surface area contributed by atoms with Crippen molar-refractivity contribution in [3.05, 3.63) is 23.8 Å². The van der Waals surface area contributed by atoms with Gasteiger partial charge in [-0.15, -0.1) is 0 Å². The third-order valence-electron chi connectivity index (χ3n) is 3.49. The summed E-state index contributed by atoms with van der Waals surface area (Å²) in [5, 5.41) is 3.56. The summed E-state index contributed by atoms with van der Waals surface area (Å²) in [6.07, 6.45) is 3.94. The molecule has 17 heavy (non-hydrogen) atoms. The third kappa shape index (κ3) is 3.13. The van der Waals surface area contributed by atoms with Gasteiger partial charge in [-0.05, 0) is 42.5 Å². The summed E-state index contributed by atoms with van der Waals surface area (Å²) in [5.41, 5.74) is 7.92. The first-order valence-electron chi connectivity index (χ1n) is 6.40. The lowest BCUT2D eigenvalue weighted by molar-refractivity contribution is 0.414. The summed E-state index contributed by atoms with van der Waals surface area (Å²) >= 11 is 0. The van der Waals surface area contributed by atoms with E-state index in [-0.39, 0.29) is 0 Å². The highest BCUT2D eigenvalue weighted by Crippen LogP contribution is 2.35. The number of nitrogens with two attached hydrogens (primary N) is 1. The molecule has 3 heteroatoms. The highest BCUT2D eigenvalue weighted by Gasteiger charge is 2.35. The maximum Gasteiger partial charge on any atom is 0.119 e. The summed E-state index contributed by atoms with van der Waals surface area (Å²) in [6.45, 7) is 3.09. The molecular formula is C14H22N2O. The summed E-state index contributed by atoms with van der Waals surface area (Å²) in [5.74, 6) is 1.75. The van der Waals surface area contributed by atoms with Crippen LogP contribution in [0.4, 0.5) is 5.69 Å². The van der Waals surface area contributed by atoms with Gasteiger partial charge in [0.25, 0.3) is 0 Å². The molecule has 1 aliphatic rings. The normalized spacial score (nSPS) is 22.5. The molecule has 3 N–H and O–H groups in total. The molecule has 3 nitrogen and oxygen atoms in total. The molecule has 1 saturated carbocycles. The Morgan fingerprint density at radius 1 is 1.47 bits per heavy atom. The Hall–Kier alpha value is -1.22. The van der Waals surface area contributed by atoms with Crippen LogP contribution in [0.5, 0.6) is 5.75 Å². The van der Waals surface area contributed by atoms with Crippen molar-refractivity contribution in [1.82, 2.24) is 5.32 Å². The van der Waals surface area contributed by atoms with E-state index < -0.39 is 0 Å². The van der Waals surface area contributed by atoms with Crippen LogP contribution in [0, 0.1) is 5.92 Å². The van der Waals surface area contributed by atoms with Crippen molar-refractivity contribution in [2.75, 3.05) is 12.8 Å². The molecular weight excluding hydrogens is 212 g/mol. The van der Waals surface area contributed by atoms with E-state index in [1.807, 2.05) is 18.2 Å². The van der Waals surface area contributed by atoms with Crippen molar-refractivity contribution < 1.29 is 4.74 Å². The molecule has 1 aromatic carbocycles. The van der Waals surface area contributed by atoms with Gasteiger partial charge in [-0.1, -0.05) is 13.3 Å². The Bertz CT molecular complexity index is 378. The standard InChI is InChI=1S/C14H22N2O/c1-3-4-10-8-14(10)16-9-11-7-12(17-2)5-6-13(11)15/h5-7,10,14,16H,3-4,8-9,15H2,1-2H3. The second kappa shape index (κ2) is 5.41. The minimum absolute atomic E-state index is 0.695. The van der Waals surface area contributed by atoms with E-state index in [1.54, 1.807) is 7.11 Å². The fraction of sp³-hybridized carbons (Fsp3) is 0.571. The minimum atomic E-state index is 0.695. The van der Waals surface area contributed by atoms with Crippen LogP contribution < -0.4 is 15.8 Å². The largest absolute Gasteiger partial charge is 0.497 e. The van der Waals surface area contributed by atoms with Gasteiger partial charge in [0.2, 0.25) is 0 Å². The molecule has 0 amide bonds. The SMILES string of the molecule is CCCC1CC1NCc1cc(OC)ccc1N. The number of rotatable bonds is 6. The number of nitrogen functional groups attached to an aromatic ring is 1. The first-order chi connectivity index (χ1) is 8.24. The van der Waals surface area contributed by atoms with Crippen LogP contribution in [0.2, 0.25) is 0 Å². The smallest absolute Gasteiger partial charge is 0.119 e. The van der Waals surface area contributed by atoms with Gasteiger partial charge in [-0.2, -0.15) is 0 Å². The molecule has 2 rings (SSSR count). The van der Waals surface area contributed by atoms with Gasteiger partial charge in [-0.25, -0.2) is 0 Å². The molecule has 2 unspecified atom stereocenters. The lowest BCUT2D eigenvalue weighted by Crippen LogP contribution is -2.18. The molecule has 1 aliphatic carbocycles. The van der Waals surface area contributed by atoms with Crippen molar-refractivity contribution in [2.24, 2.45) is 5.92 Å². The highest BCUT2D eigenvalue weighted by atomic mass is 16.5. The van der Waals surface area contributed by atoms with Gasteiger partial charge >= 0.3 is 0 Å². The zero-order chi connectivity index (χ0) is 12.3. The Balaban J connectivity index is 1.86. The lowest BCUT2D eigenvalue weighted by atomic mass is 10.1. The monoisotopic (exact) mass is 234 g/mol. The number of ether oxygens (including phenoxy) is 1. The maximum atomic E-state index is 5.95. The van der Waals surface area contributed by atoms with E-state index in [1.165, 1.54) is 19.3 Å². The highest BCUT2D eigenvalue weighted by molar-refractivity contribution is 5.50. The Morgan fingerprint density at radius 3 is 3.00 bits per heavy atom. The van der Waals surface area contributed by atoms with Crippen LogP contribution >= 0.6 is 0 Å². The molecule has 0 radical (unpaired) electrons. The fourth-order valence-electron chi connectivity index (χ4n) is 2.29. The van der Waals surface area contributed by atoms with Crippen LogP contribution in [0.1, 0.15) is 31.7 Å². The average Bonchev–Trinajstić information content (AvgIpc) is 3.07. The lowest BCUT2D eigenvalue weighted by Gasteiger charge is -2.09. The molecule has 2 atom stereocenters. The molecule has 0 aliphatic heterocycles. The first-order valence-corrected chi connectivity index (χ1v) is 6.40. The van der Waals surface area contributed by atoms with E-state index in [9.17, 15) is 0 Å². The summed E-state index contributed by atoms with van der Waals surface area (Å²) < 4.78 is 5.21. The predicted molar refractivity (Wildman–Crippen MR) is 71.0 cm³/mol. The Morgan fingerprint density at radius 2 is 2.29 bits per heavy atom. The number of hydrogen-bond acceptors (Lipinski definition) is 3. The van der Waals surface area contributed by atoms with E-state index in [4.69, 9.17) is 10.5 Å². The topological polar surface area (TPSA) is 47.3 Å². The van der Waals surface area contributed by atoms with Crippen molar-refractivity contribution in [2.45, 2.75) is 38.8 Å². The number of anilines is 1. The van der Waals surface area contributed by atoms with Crippen LogP contribution in [0.15, 0.2) is 18.2 Å². The first kappa shape index (κ1) is 12.2. The molecule has 0 spiro atoms. The summed E-state index contributed by atoms with van der Waals surface area (Å²) in [4.78, 5) is 0. The number of methoxy groups -OCH3 is 1. The van der Waals surface area contributed by atoms with Crippen LogP contribution in [-0.4, -0.2) is 13.2 Å². The zero-order valence-electron chi connectivity index (χ0n) is 10.7. The van der Waals surface area contributed by atoms with Crippen molar-refractivity contribution in [3.63, 3.8) is 0 Å². The van der Waals surface area contributed by atoms with Gasteiger partial charge in [0.05, 0.1) is 7.11 Å². The minimum Gasteiger partial charge on any atom is -0.497 e. The molecule has 0 bridgehead atoms. The van der Waals surface area contributed by atoms with Gasteiger partial charge in [0, 0.05) is 18.3 Å². The average molecular weight is 234 g/mol.